The molecule has 0 aromatic heterocycles. The molecule has 2 aromatic rings. The summed E-state index contributed by atoms with van der Waals surface area (Å²) in [5.74, 6) is -1.87. The third-order valence-electron chi connectivity index (χ3n) is 3.31. The Hall–Kier alpha value is -1.33. The normalized spacial score (nSPS) is 12.5. The molecule has 0 heterocycles. The summed E-state index contributed by atoms with van der Waals surface area (Å²) < 4.78 is 43.0. The zero-order valence-electron chi connectivity index (χ0n) is 11.7. The second-order valence-corrected chi connectivity index (χ2v) is 5.58. The number of nitrogens with one attached hydrogen (secondary N) is 1. The highest BCUT2D eigenvalue weighted by atomic mass is 79.9. The molecule has 0 saturated heterocycles. The first-order valence-corrected chi connectivity index (χ1v) is 7.38. The van der Waals surface area contributed by atoms with E-state index in [0.29, 0.717) is 12.1 Å². The minimum Gasteiger partial charge on any atom is -0.306 e. The van der Waals surface area contributed by atoms with Crippen molar-refractivity contribution in [3.63, 3.8) is 0 Å². The quantitative estimate of drug-likeness (QED) is 0.822. The van der Waals surface area contributed by atoms with E-state index in [1.807, 2.05) is 0 Å². The van der Waals surface area contributed by atoms with Crippen LogP contribution in [0.15, 0.2) is 34.8 Å². The fraction of sp³-hybridized carbons (Fsp3) is 0.250. The van der Waals surface area contributed by atoms with E-state index in [0.717, 1.165) is 0 Å². The predicted octanol–water partition coefficient (Wildman–Crippen LogP) is 4.87. The maximum Gasteiger partial charge on any atom is 0.142 e. The molecule has 0 fully saturated rings. The zero-order valence-corrected chi connectivity index (χ0v) is 13.3. The minimum absolute atomic E-state index is 0.158. The van der Waals surface area contributed by atoms with Gasteiger partial charge >= 0.3 is 0 Å². The lowest BCUT2D eigenvalue weighted by molar-refractivity contribution is 0.491. The molecule has 5 heteroatoms. The molecule has 0 aliphatic carbocycles. The molecule has 112 valence electrons. The fourth-order valence-corrected chi connectivity index (χ4v) is 2.64. The number of aryl methyl sites for hydroxylation is 1. The van der Waals surface area contributed by atoms with Crippen LogP contribution in [0, 0.1) is 24.4 Å². The average molecular weight is 358 g/mol. The van der Waals surface area contributed by atoms with Crippen LogP contribution in [0.3, 0.4) is 0 Å². The summed E-state index contributed by atoms with van der Waals surface area (Å²) in [4.78, 5) is 0. The fourth-order valence-electron chi connectivity index (χ4n) is 2.26. The predicted molar refractivity (Wildman–Crippen MR) is 80.7 cm³/mol. The van der Waals surface area contributed by atoms with E-state index in [2.05, 4.69) is 21.2 Å². The van der Waals surface area contributed by atoms with Gasteiger partial charge in [0.1, 0.15) is 17.5 Å². The van der Waals surface area contributed by atoms with Crippen molar-refractivity contribution in [1.29, 1.82) is 0 Å². The lowest BCUT2D eigenvalue weighted by Gasteiger charge is -2.21. The van der Waals surface area contributed by atoms with Crippen molar-refractivity contribution < 1.29 is 13.2 Å². The van der Waals surface area contributed by atoms with Crippen molar-refractivity contribution in [2.24, 2.45) is 0 Å². The Morgan fingerprint density at radius 1 is 1.10 bits per heavy atom. The first-order valence-electron chi connectivity index (χ1n) is 6.59. The first kappa shape index (κ1) is 16.0. The monoisotopic (exact) mass is 357 g/mol. The highest BCUT2D eigenvalue weighted by Gasteiger charge is 2.25. The number of rotatable bonds is 4. The Morgan fingerprint density at radius 3 is 2.48 bits per heavy atom. The molecule has 21 heavy (non-hydrogen) atoms. The van der Waals surface area contributed by atoms with E-state index in [4.69, 9.17) is 0 Å². The van der Waals surface area contributed by atoms with Crippen LogP contribution in [-0.2, 0) is 0 Å². The molecule has 0 spiro atoms. The smallest absolute Gasteiger partial charge is 0.142 e. The van der Waals surface area contributed by atoms with E-state index in [1.54, 1.807) is 26.0 Å². The van der Waals surface area contributed by atoms with Crippen molar-refractivity contribution in [2.75, 3.05) is 6.54 Å². The van der Waals surface area contributed by atoms with Crippen molar-refractivity contribution >= 4 is 15.9 Å². The molecule has 1 atom stereocenters. The number of halogens is 4. The highest BCUT2D eigenvalue weighted by Crippen LogP contribution is 2.32. The van der Waals surface area contributed by atoms with Gasteiger partial charge in [-0.2, -0.15) is 0 Å². The second kappa shape index (κ2) is 6.62. The number of hydrogen-bond acceptors (Lipinski definition) is 1. The van der Waals surface area contributed by atoms with Gasteiger partial charge in [0.2, 0.25) is 0 Å². The Balaban J connectivity index is 2.65. The van der Waals surface area contributed by atoms with Gasteiger partial charge in [0.05, 0.1) is 10.5 Å². The molecule has 1 nitrogen and oxygen atoms in total. The lowest BCUT2D eigenvalue weighted by Crippen LogP contribution is -2.25. The van der Waals surface area contributed by atoms with Crippen molar-refractivity contribution in [1.82, 2.24) is 5.32 Å². The third kappa shape index (κ3) is 3.14. The molecule has 2 aromatic carbocycles. The summed E-state index contributed by atoms with van der Waals surface area (Å²) in [7, 11) is 0. The summed E-state index contributed by atoms with van der Waals surface area (Å²) in [5.41, 5.74) is 0.369. The summed E-state index contributed by atoms with van der Waals surface area (Å²) >= 11 is 3.10. The Labute approximate surface area is 130 Å². The molecule has 0 aliphatic rings. The molecule has 0 saturated carbocycles. The van der Waals surface area contributed by atoms with Crippen LogP contribution in [-0.4, -0.2) is 6.54 Å². The van der Waals surface area contributed by atoms with Crippen LogP contribution < -0.4 is 5.32 Å². The van der Waals surface area contributed by atoms with Gasteiger partial charge in [-0.15, -0.1) is 0 Å². The van der Waals surface area contributed by atoms with Gasteiger partial charge in [-0.25, -0.2) is 13.2 Å². The summed E-state index contributed by atoms with van der Waals surface area (Å²) in [6, 6.07) is 6.40. The van der Waals surface area contributed by atoms with Gasteiger partial charge in [-0.3, -0.25) is 0 Å². The van der Waals surface area contributed by atoms with Crippen molar-refractivity contribution in [2.45, 2.75) is 19.9 Å². The van der Waals surface area contributed by atoms with Gasteiger partial charge in [-0.1, -0.05) is 25.1 Å². The largest absolute Gasteiger partial charge is 0.306 e. The van der Waals surface area contributed by atoms with Crippen LogP contribution in [0.2, 0.25) is 0 Å². The van der Waals surface area contributed by atoms with Gasteiger partial charge in [0.15, 0.2) is 0 Å². The van der Waals surface area contributed by atoms with E-state index < -0.39 is 23.5 Å². The summed E-state index contributed by atoms with van der Waals surface area (Å²) in [6.07, 6.45) is 0. The molecule has 1 unspecified atom stereocenters. The minimum atomic E-state index is -0.882. The second-order valence-electron chi connectivity index (χ2n) is 4.73. The molecule has 0 radical (unpaired) electrons. The van der Waals surface area contributed by atoms with Crippen molar-refractivity contribution in [3.8, 4) is 0 Å². The topological polar surface area (TPSA) is 12.0 Å². The molecular formula is C16H15BrF3N. The molecule has 2 rings (SSSR count). The summed E-state index contributed by atoms with van der Waals surface area (Å²) in [5, 5.41) is 2.95. The molecule has 0 bridgehead atoms. The Bertz CT molecular complexity index is 658. The molecular weight excluding hydrogens is 343 g/mol. The molecule has 1 N–H and O–H groups in total. The first-order chi connectivity index (χ1) is 9.97. The average Bonchev–Trinajstić information content (AvgIpc) is 2.45. The maximum absolute atomic E-state index is 14.3. The van der Waals surface area contributed by atoms with Crippen LogP contribution in [0.1, 0.15) is 29.7 Å². The number of hydrogen-bond donors (Lipinski definition) is 1. The van der Waals surface area contributed by atoms with Gasteiger partial charge in [0, 0.05) is 11.1 Å². The lowest BCUT2D eigenvalue weighted by atomic mass is 9.95. The van der Waals surface area contributed by atoms with E-state index in [-0.39, 0.29) is 15.6 Å². The number of benzene rings is 2. The standard InChI is InChI=1S/C16H15BrF3N/c1-3-21-16(10-5-4-6-11(17)15(10)20)13-12(18)8-7-9(2)14(13)19/h4-8,16,21H,3H2,1-2H3. The Morgan fingerprint density at radius 2 is 1.81 bits per heavy atom. The summed E-state index contributed by atoms with van der Waals surface area (Å²) in [6.45, 7) is 3.80. The van der Waals surface area contributed by atoms with E-state index in [1.165, 1.54) is 18.2 Å². The van der Waals surface area contributed by atoms with E-state index in [9.17, 15) is 13.2 Å². The van der Waals surface area contributed by atoms with Gasteiger partial charge in [-0.05, 0) is 47.1 Å². The van der Waals surface area contributed by atoms with E-state index >= 15 is 0 Å². The zero-order chi connectivity index (χ0) is 15.6. The maximum atomic E-state index is 14.3. The van der Waals surface area contributed by atoms with Gasteiger partial charge < -0.3 is 5.32 Å². The van der Waals surface area contributed by atoms with Crippen LogP contribution in [0.5, 0.6) is 0 Å². The SMILES string of the molecule is CCNC(c1cccc(Br)c1F)c1c(F)ccc(C)c1F. The van der Waals surface area contributed by atoms with Crippen LogP contribution >= 0.6 is 15.9 Å². The Kier molecular flexibility index (Phi) is 5.06. The van der Waals surface area contributed by atoms with Gasteiger partial charge in [0.25, 0.3) is 0 Å². The molecule has 0 aliphatic heterocycles. The molecule has 0 amide bonds. The van der Waals surface area contributed by atoms with Crippen LogP contribution in [0.25, 0.3) is 0 Å². The van der Waals surface area contributed by atoms with Crippen LogP contribution in [0.4, 0.5) is 13.2 Å². The van der Waals surface area contributed by atoms with Crippen molar-refractivity contribution in [3.05, 3.63) is 68.9 Å². The highest BCUT2D eigenvalue weighted by molar-refractivity contribution is 9.10. The third-order valence-corrected chi connectivity index (χ3v) is 3.92.